The smallest absolute Gasteiger partial charge is 0.141 e. The number of imidazole rings is 1. The van der Waals surface area contributed by atoms with Crippen molar-refractivity contribution in [1.82, 2.24) is 24.8 Å². The molecular formula is C48H36N6. The monoisotopic (exact) mass is 696 g/mol. The van der Waals surface area contributed by atoms with Gasteiger partial charge in [0.05, 0.1) is 28.3 Å². The van der Waals surface area contributed by atoms with Gasteiger partial charge in [0.15, 0.2) is 0 Å². The van der Waals surface area contributed by atoms with Crippen molar-refractivity contribution in [3.8, 4) is 16.8 Å². The minimum absolute atomic E-state index is 0.0107. The number of likely N-dealkylation sites (N-methyl/N-ethyl adjacent to an activating group) is 1. The van der Waals surface area contributed by atoms with Gasteiger partial charge in [-0.3, -0.25) is 9.55 Å². The highest BCUT2D eigenvalue weighted by Crippen LogP contribution is 2.39. The van der Waals surface area contributed by atoms with Crippen LogP contribution in [-0.4, -0.2) is 32.3 Å². The van der Waals surface area contributed by atoms with Gasteiger partial charge >= 0.3 is 0 Å². The third-order valence-electron chi connectivity index (χ3n) is 10.5. The van der Waals surface area contributed by atoms with E-state index in [9.17, 15) is 0 Å². The van der Waals surface area contributed by atoms with Crippen molar-refractivity contribution in [2.24, 2.45) is 4.99 Å². The lowest BCUT2D eigenvalue weighted by Gasteiger charge is -2.26. The molecule has 54 heavy (non-hydrogen) atoms. The van der Waals surface area contributed by atoms with E-state index in [4.69, 9.17) is 15.0 Å². The van der Waals surface area contributed by atoms with Gasteiger partial charge in [-0.15, -0.1) is 0 Å². The summed E-state index contributed by atoms with van der Waals surface area (Å²) in [4.78, 5) is 17.5. The Kier molecular flexibility index (Phi) is 7.73. The minimum Gasteiger partial charge on any atom is -0.367 e. The van der Waals surface area contributed by atoms with Gasteiger partial charge in [0, 0.05) is 40.7 Å². The van der Waals surface area contributed by atoms with Crippen LogP contribution in [0.3, 0.4) is 0 Å². The number of rotatable bonds is 6. The molecule has 0 saturated heterocycles. The molecule has 2 aliphatic heterocycles. The molecule has 6 aromatic carbocycles. The molecule has 0 bridgehead atoms. The molecule has 258 valence electrons. The SMILES string of the molecule is CN1C=CC=CC1c1nc2c3cccnc3c3ccccc3c2n1-c1ccc(-c2ccc(C3=CC(c4ccccc4)NC(c4ccccc4)=N3)cc2)cc1. The maximum Gasteiger partial charge on any atom is 0.141 e. The molecule has 0 amide bonds. The van der Waals surface area contributed by atoms with Gasteiger partial charge in [0.2, 0.25) is 0 Å². The van der Waals surface area contributed by atoms with E-state index < -0.39 is 0 Å². The Hall–Kier alpha value is -7.05. The molecule has 0 saturated carbocycles. The zero-order valence-electron chi connectivity index (χ0n) is 29.7. The molecule has 0 aliphatic carbocycles. The van der Waals surface area contributed by atoms with Crippen LogP contribution < -0.4 is 5.32 Å². The summed E-state index contributed by atoms with van der Waals surface area (Å²) < 4.78 is 2.34. The first-order chi connectivity index (χ1) is 26.7. The van der Waals surface area contributed by atoms with Crippen LogP contribution in [0.5, 0.6) is 0 Å². The fraction of sp³-hybridized carbons (Fsp3) is 0.0625. The predicted octanol–water partition coefficient (Wildman–Crippen LogP) is 10.6. The second-order valence-electron chi connectivity index (χ2n) is 13.8. The minimum atomic E-state index is -0.0315. The second kappa shape index (κ2) is 13.2. The quantitative estimate of drug-likeness (QED) is 0.176. The number of hydrogen-bond acceptors (Lipinski definition) is 5. The number of pyridine rings is 1. The largest absolute Gasteiger partial charge is 0.367 e. The summed E-state index contributed by atoms with van der Waals surface area (Å²) in [6.07, 6.45) is 12.6. The average Bonchev–Trinajstić information content (AvgIpc) is 3.65. The van der Waals surface area contributed by atoms with Gasteiger partial charge in [-0.25, -0.2) is 9.98 Å². The van der Waals surface area contributed by atoms with E-state index in [2.05, 4.69) is 186 Å². The maximum absolute atomic E-state index is 5.40. The van der Waals surface area contributed by atoms with E-state index in [0.29, 0.717) is 0 Å². The highest BCUT2D eigenvalue weighted by atomic mass is 15.2. The number of fused-ring (bicyclic) bond motifs is 6. The molecule has 2 aliphatic rings. The Labute approximate surface area is 313 Å². The normalized spacial score (nSPS) is 16.8. The van der Waals surface area contributed by atoms with Gasteiger partial charge in [0.25, 0.3) is 0 Å². The number of allylic oxidation sites excluding steroid dienone is 2. The van der Waals surface area contributed by atoms with E-state index >= 15 is 0 Å². The second-order valence-corrected chi connectivity index (χ2v) is 13.8. The summed E-state index contributed by atoms with van der Waals surface area (Å²) in [6.45, 7) is 0. The zero-order valence-corrected chi connectivity index (χ0v) is 29.7. The van der Waals surface area contributed by atoms with E-state index in [1.807, 2.05) is 18.3 Å². The molecule has 4 heterocycles. The number of nitrogens with one attached hydrogen (secondary N) is 1. The van der Waals surface area contributed by atoms with Gasteiger partial charge < -0.3 is 10.2 Å². The predicted molar refractivity (Wildman–Crippen MR) is 221 cm³/mol. The van der Waals surface area contributed by atoms with Crippen LogP contribution >= 0.6 is 0 Å². The molecule has 0 radical (unpaired) electrons. The highest BCUT2D eigenvalue weighted by molar-refractivity contribution is 6.22. The van der Waals surface area contributed by atoms with Gasteiger partial charge in [0.1, 0.15) is 17.7 Å². The van der Waals surface area contributed by atoms with E-state index in [1.54, 1.807) is 0 Å². The van der Waals surface area contributed by atoms with Gasteiger partial charge in [-0.2, -0.15) is 0 Å². The number of aliphatic imine (C=N–C) groups is 1. The van der Waals surface area contributed by atoms with Crippen LogP contribution in [0.15, 0.2) is 187 Å². The molecule has 0 fully saturated rings. The lowest BCUT2D eigenvalue weighted by molar-refractivity contribution is 0.373. The lowest BCUT2D eigenvalue weighted by Crippen LogP contribution is -2.31. The van der Waals surface area contributed by atoms with Crippen molar-refractivity contribution in [2.45, 2.75) is 12.1 Å². The van der Waals surface area contributed by atoms with Crippen molar-refractivity contribution in [3.05, 3.63) is 205 Å². The highest BCUT2D eigenvalue weighted by Gasteiger charge is 2.26. The first-order valence-corrected chi connectivity index (χ1v) is 18.3. The third-order valence-corrected chi connectivity index (χ3v) is 10.5. The van der Waals surface area contributed by atoms with Gasteiger partial charge in [-0.1, -0.05) is 133 Å². The van der Waals surface area contributed by atoms with Crippen LogP contribution in [-0.2, 0) is 0 Å². The molecular weight excluding hydrogens is 661 g/mol. The van der Waals surface area contributed by atoms with Crippen LogP contribution in [0.1, 0.15) is 34.6 Å². The Morgan fingerprint density at radius 2 is 1.26 bits per heavy atom. The number of benzene rings is 6. The van der Waals surface area contributed by atoms with Crippen LogP contribution in [0.25, 0.3) is 55.2 Å². The Balaban J connectivity index is 1.04. The Bertz CT molecular complexity index is 2790. The summed E-state index contributed by atoms with van der Waals surface area (Å²) in [5, 5.41) is 6.96. The van der Waals surface area contributed by atoms with Crippen LogP contribution in [0, 0.1) is 0 Å². The van der Waals surface area contributed by atoms with Crippen LogP contribution in [0.4, 0.5) is 0 Å². The van der Waals surface area contributed by atoms with E-state index in [1.165, 1.54) is 5.56 Å². The summed E-state index contributed by atoms with van der Waals surface area (Å²) >= 11 is 0. The number of aromatic nitrogens is 3. The first kappa shape index (κ1) is 31.7. The zero-order chi connectivity index (χ0) is 36.0. The summed E-state index contributed by atoms with van der Waals surface area (Å²) in [6, 6.07) is 51.2. The van der Waals surface area contributed by atoms with E-state index in [-0.39, 0.29) is 12.1 Å². The molecule has 0 spiro atoms. The molecule has 10 rings (SSSR count). The number of amidine groups is 1. The third kappa shape index (κ3) is 5.47. The van der Waals surface area contributed by atoms with Crippen molar-refractivity contribution < 1.29 is 0 Å². The maximum atomic E-state index is 5.40. The summed E-state index contributed by atoms with van der Waals surface area (Å²) in [7, 11) is 2.11. The molecule has 1 N–H and O–H groups in total. The molecule has 6 nitrogen and oxygen atoms in total. The van der Waals surface area contributed by atoms with Gasteiger partial charge in [-0.05, 0) is 64.9 Å². The lowest BCUT2D eigenvalue weighted by atomic mass is 9.98. The Morgan fingerprint density at radius 1 is 0.593 bits per heavy atom. The average molecular weight is 697 g/mol. The van der Waals surface area contributed by atoms with Crippen molar-refractivity contribution in [2.75, 3.05) is 7.05 Å². The molecule has 2 unspecified atom stereocenters. The van der Waals surface area contributed by atoms with Crippen molar-refractivity contribution in [3.63, 3.8) is 0 Å². The standard InChI is InChI=1S/C48H36N6/c1-53-30-11-10-20-43(53)48-52-45-40-19-12-29-49-44(40)38-17-8-9-18-39(38)46(45)54(48)37-27-25-33(26-28-37)32-21-23-35(24-22-32)42-31-41(34-13-4-2-5-14-34)50-47(51-42)36-15-6-3-7-16-36/h2-31,41,43H,1H3,(H,50,51). The summed E-state index contributed by atoms with van der Waals surface area (Å²) in [5.41, 5.74) is 10.7. The fourth-order valence-electron chi connectivity index (χ4n) is 7.81. The molecule has 8 aromatic rings. The Morgan fingerprint density at radius 3 is 2.02 bits per heavy atom. The van der Waals surface area contributed by atoms with E-state index in [0.717, 1.165) is 78.0 Å². The molecule has 2 atom stereocenters. The van der Waals surface area contributed by atoms with Crippen LogP contribution in [0.2, 0.25) is 0 Å². The van der Waals surface area contributed by atoms with Crippen molar-refractivity contribution in [1.29, 1.82) is 0 Å². The summed E-state index contributed by atoms with van der Waals surface area (Å²) in [5.74, 6) is 1.84. The topological polar surface area (TPSA) is 58.3 Å². The molecule has 2 aromatic heterocycles. The number of nitrogens with zero attached hydrogens (tertiary/aromatic N) is 5. The number of hydrogen-bond donors (Lipinski definition) is 1. The molecule has 6 heteroatoms. The first-order valence-electron chi connectivity index (χ1n) is 18.3. The van der Waals surface area contributed by atoms with Crippen molar-refractivity contribution >= 4 is 44.2 Å². The fourth-order valence-corrected chi connectivity index (χ4v) is 7.81.